The Morgan fingerprint density at radius 2 is 1.60 bits per heavy atom. The molecule has 0 aliphatic carbocycles. The van der Waals surface area contributed by atoms with Crippen LogP contribution in [0.25, 0.3) is 11.0 Å². The highest BCUT2D eigenvalue weighted by molar-refractivity contribution is 5.89. The minimum atomic E-state index is -0.806. The van der Waals surface area contributed by atoms with Gasteiger partial charge in [-0.2, -0.15) is 0 Å². The van der Waals surface area contributed by atoms with Gasteiger partial charge < -0.3 is 10.2 Å². The summed E-state index contributed by atoms with van der Waals surface area (Å²) in [5.74, 6) is -0.452. The molecule has 4 aromatic rings. The number of para-hydroxylation sites is 1. The van der Waals surface area contributed by atoms with Crippen LogP contribution in [0.4, 0.5) is 0 Å². The summed E-state index contributed by atoms with van der Waals surface area (Å²) >= 11 is 0. The molecular formula is C28H31N5O2. The fourth-order valence-corrected chi connectivity index (χ4v) is 4.01. The Morgan fingerprint density at radius 3 is 2.29 bits per heavy atom. The van der Waals surface area contributed by atoms with Gasteiger partial charge in [0, 0.05) is 12.1 Å². The van der Waals surface area contributed by atoms with E-state index in [4.69, 9.17) is 0 Å². The number of nitrogens with one attached hydrogen (secondary N) is 1. The van der Waals surface area contributed by atoms with Crippen LogP contribution in [-0.2, 0) is 22.7 Å². The Kier molecular flexibility index (Phi) is 6.96. The summed E-state index contributed by atoms with van der Waals surface area (Å²) in [6.07, 6.45) is 0. The van der Waals surface area contributed by atoms with Crippen molar-refractivity contribution < 1.29 is 9.59 Å². The minimum absolute atomic E-state index is 0.0293. The molecule has 3 aromatic carbocycles. The van der Waals surface area contributed by atoms with Gasteiger partial charge in [-0.15, -0.1) is 5.10 Å². The monoisotopic (exact) mass is 469 g/mol. The lowest BCUT2D eigenvalue weighted by molar-refractivity contribution is -0.142. The molecule has 0 saturated heterocycles. The van der Waals surface area contributed by atoms with Gasteiger partial charge in [-0.3, -0.25) is 9.59 Å². The van der Waals surface area contributed by atoms with Crippen molar-refractivity contribution in [3.63, 3.8) is 0 Å². The van der Waals surface area contributed by atoms with Crippen molar-refractivity contribution in [1.82, 2.24) is 25.2 Å². The van der Waals surface area contributed by atoms with E-state index in [0.29, 0.717) is 0 Å². The topological polar surface area (TPSA) is 80.1 Å². The van der Waals surface area contributed by atoms with E-state index < -0.39 is 11.6 Å². The largest absolute Gasteiger partial charge is 0.349 e. The lowest BCUT2D eigenvalue weighted by Crippen LogP contribution is -2.49. The van der Waals surface area contributed by atoms with Crippen LogP contribution in [0.2, 0.25) is 0 Å². The highest BCUT2D eigenvalue weighted by Crippen LogP contribution is 2.26. The Morgan fingerprint density at radius 1 is 0.943 bits per heavy atom. The predicted molar refractivity (Wildman–Crippen MR) is 136 cm³/mol. The Balaban J connectivity index is 1.74. The zero-order valence-corrected chi connectivity index (χ0v) is 20.6. The molecule has 180 valence electrons. The van der Waals surface area contributed by atoms with Crippen LogP contribution in [0.15, 0.2) is 78.9 Å². The van der Waals surface area contributed by atoms with Gasteiger partial charge in [0.15, 0.2) is 0 Å². The maximum absolute atomic E-state index is 13.9. The van der Waals surface area contributed by atoms with E-state index in [9.17, 15) is 9.59 Å². The summed E-state index contributed by atoms with van der Waals surface area (Å²) in [6, 6.07) is 24.1. The van der Waals surface area contributed by atoms with E-state index in [1.54, 1.807) is 9.58 Å². The SMILES string of the molecule is Cc1ccc(CN(C(=O)Cn2nnc3ccccc32)[C@H](C(=O)NC(C)(C)C)c2ccccc2)cc1. The molecule has 0 aliphatic heterocycles. The van der Waals surface area contributed by atoms with Crippen molar-refractivity contribution in [2.75, 3.05) is 0 Å². The van der Waals surface area contributed by atoms with Crippen molar-refractivity contribution >= 4 is 22.8 Å². The van der Waals surface area contributed by atoms with Gasteiger partial charge >= 0.3 is 0 Å². The van der Waals surface area contributed by atoms with Crippen molar-refractivity contribution in [2.24, 2.45) is 0 Å². The molecule has 1 heterocycles. The first-order chi connectivity index (χ1) is 16.7. The highest BCUT2D eigenvalue weighted by Gasteiger charge is 2.33. The fraction of sp³-hybridized carbons (Fsp3) is 0.286. The summed E-state index contributed by atoms with van der Waals surface area (Å²) in [7, 11) is 0. The Bertz CT molecular complexity index is 1310. The van der Waals surface area contributed by atoms with Gasteiger partial charge in [0.25, 0.3) is 0 Å². The molecule has 1 atom stereocenters. The van der Waals surface area contributed by atoms with Gasteiger partial charge in [-0.25, -0.2) is 4.68 Å². The second-order valence-corrected chi connectivity index (χ2v) is 9.80. The smallest absolute Gasteiger partial charge is 0.247 e. The van der Waals surface area contributed by atoms with E-state index in [-0.39, 0.29) is 24.9 Å². The van der Waals surface area contributed by atoms with E-state index >= 15 is 0 Å². The van der Waals surface area contributed by atoms with Crippen LogP contribution in [0, 0.1) is 6.92 Å². The number of benzene rings is 3. The number of carbonyl (C=O) groups is 2. The molecule has 0 saturated carbocycles. The minimum Gasteiger partial charge on any atom is -0.349 e. The summed E-state index contributed by atoms with van der Waals surface area (Å²) in [4.78, 5) is 29.1. The lowest BCUT2D eigenvalue weighted by Gasteiger charge is -2.34. The van der Waals surface area contributed by atoms with Crippen molar-refractivity contribution in [2.45, 2.75) is 52.4 Å². The molecule has 0 bridgehead atoms. The quantitative estimate of drug-likeness (QED) is 0.434. The molecular weight excluding hydrogens is 438 g/mol. The highest BCUT2D eigenvalue weighted by atomic mass is 16.2. The van der Waals surface area contributed by atoms with Crippen LogP contribution in [-0.4, -0.2) is 37.2 Å². The number of hydrogen-bond acceptors (Lipinski definition) is 4. The van der Waals surface area contributed by atoms with Gasteiger partial charge in [-0.05, 0) is 51.0 Å². The molecule has 35 heavy (non-hydrogen) atoms. The summed E-state index contributed by atoms with van der Waals surface area (Å²) in [6.45, 7) is 8.06. The number of hydrogen-bond donors (Lipinski definition) is 1. The van der Waals surface area contributed by atoms with E-state index in [0.717, 1.165) is 27.7 Å². The molecule has 7 heteroatoms. The van der Waals surface area contributed by atoms with Crippen molar-refractivity contribution in [3.8, 4) is 0 Å². The first-order valence-electron chi connectivity index (χ1n) is 11.7. The molecule has 1 aromatic heterocycles. The Hall–Kier alpha value is -4.00. The molecule has 0 aliphatic rings. The van der Waals surface area contributed by atoms with Gasteiger partial charge in [0.1, 0.15) is 18.1 Å². The van der Waals surface area contributed by atoms with E-state index in [1.807, 2.05) is 107 Å². The number of amides is 2. The second-order valence-electron chi connectivity index (χ2n) is 9.80. The van der Waals surface area contributed by atoms with Crippen LogP contribution in [0.1, 0.15) is 43.5 Å². The number of nitrogens with zero attached hydrogens (tertiary/aromatic N) is 4. The van der Waals surface area contributed by atoms with Crippen LogP contribution in [0.3, 0.4) is 0 Å². The summed E-state index contributed by atoms with van der Waals surface area (Å²) in [5, 5.41) is 11.4. The standard InChI is InChI=1S/C28H31N5O2/c1-20-14-16-21(17-15-20)18-32(25(34)19-33-24-13-9-8-12-23(24)30-31-33)26(22-10-6-5-7-11-22)27(35)29-28(2,3)4/h5-17,26H,18-19H2,1-4H3,(H,29,35)/t26-/m0/s1. The third kappa shape index (κ3) is 5.93. The molecule has 0 radical (unpaired) electrons. The molecule has 1 N–H and O–H groups in total. The van der Waals surface area contributed by atoms with Crippen molar-refractivity contribution in [1.29, 1.82) is 0 Å². The molecule has 0 fully saturated rings. The van der Waals surface area contributed by atoms with Gasteiger partial charge in [0.2, 0.25) is 11.8 Å². The number of fused-ring (bicyclic) bond motifs is 1. The molecule has 7 nitrogen and oxygen atoms in total. The zero-order valence-electron chi connectivity index (χ0n) is 20.6. The second kappa shape index (κ2) is 10.1. The molecule has 0 spiro atoms. The summed E-state index contributed by atoms with van der Waals surface area (Å²) in [5.41, 5.74) is 3.85. The lowest BCUT2D eigenvalue weighted by atomic mass is 10.0. The maximum Gasteiger partial charge on any atom is 0.247 e. The number of rotatable bonds is 7. The maximum atomic E-state index is 13.9. The first-order valence-corrected chi connectivity index (χ1v) is 11.7. The van der Waals surface area contributed by atoms with E-state index in [2.05, 4.69) is 15.6 Å². The average molecular weight is 470 g/mol. The zero-order chi connectivity index (χ0) is 25.0. The van der Waals surface area contributed by atoms with Crippen molar-refractivity contribution in [3.05, 3.63) is 95.6 Å². The van der Waals surface area contributed by atoms with Crippen LogP contribution in [0.5, 0.6) is 0 Å². The number of aromatic nitrogens is 3. The third-order valence-electron chi connectivity index (χ3n) is 5.67. The third-order valence-corrected chi connectivity index (χ3v) is 5.67. The normalized spacial score (nSPS) is 12.3. The van der Waals surface area contributed by atoms with E-state index in [1.165, 1.54) is 0 Å². The Labute approximate surface area is 205 Å². The van der Waals surface area contributed by atoms with Crippen LogP contribution >= 0.6 is 0 Å². The number of carbonyl (C=O) groups excluding carboxylic acids is 2. The average Bonchev–Trinajstić information content (AvgIpc) is 3.22. The molecule has 2 amide bonds. The molecule has 4 rings (SSSR count). The molecule has 0 unspecified atom stereocenters. The first kappa shape index (κ1) is 24.1. The predicted octanol–water partition coefficient (Wildman–Crippen LogP) is 4.42. The van der Waals surface area contributed by atoms with Gasteiger partial charge in [-0.1, -0.05) is 77.5 Å². The van der Waals surface area contributed by atoms with Gasteiger partial charge in [0.05, 0.1) is 5.52 Å². The fourth-order valence-electron chi connectivity index (χ4n) is 4.01. The number of aryl methyl sites for hydroxylation is 1. The van der Waals surface area contributed by atoms with Crippen LogP contribution < -0.4 is 5.32 Å². The summed E-state index contributed by atoms with van der Waals surface area (Å²) < 4.78 is 1.59.